The van der Waals surface area contributed by atoms with Gasteiger partial charge in [-0.25, -0.2) is 38.9 Å². The van der Waals surface area contributed by atoms with Crippen LogP contribution in [0.4, 0.5) is 16.0 Å². The van der Waals surface area contributed by atoms with Crippen molar-refractivity contribution < 1.29 is 46.2 Å². The first-order valence-corrected chi connectivity index (χ1v) is 18.5. The Bertz CT molecular complexity index is 1920. The molecule has 8 heterocycles. The Hall–Kier alpha value is -2.46. The highest BCUT2D eigenvalue weighted by molar-refractivity contribution is 8.44. The zero-order valence-electron chi connectivity index (χ0n) is 22.5. The molecule has 2 bridgehead atoms. The SMILES string of the molecule is Nc1ncnc2c1ncn2[C@@H]1O[C@@H]2COP(O)(=S)O[C@H]3[C@H]4OCC3(COP(=O)(S)O[C@H]2[C@H]1F)O[C@H]4n1cnc2c(N)ncnc21. The normalized spacial score (nSPS) is 40.3. The number of halogens is 1. The van der Waals surface area contributed by atoms with E-state index < -0.39 is 75.4 Å². The first-order chi connectivity index (χ1) is 21.5. The quantitative estimate of drug-likeness (QED) is 0.167. The van der Waals surface area contributed by atoms with Crippen LogP contribution in [0.1, 0.15) is 12.5 Å². The Balaban J connectivity index is 1.10. The van der Waals surface area contributed by atoms with Crippen LogP contribution in [0.3, 0.4) is 0 Å². The van der Waals surface area contributed by atoms with Crippen LogP contribution in [-0.4, -0.2) is 99.9 Å². The molecule has 4 aliphatic heterocycles. The number of fused-ring (bicyclic) bond motifs is 3. The minimum absolute atomic E-state index is 0.0795. The summed E-state index contributed by atoms with van der Waals surface area (Å²) in [5, 5.41) is 0. The number of thiol groups is 1. The highest BCUT2D eigenvalue weighted by Gasteiger charge is 2.65. The summed E-state index contributed by atoms with van der Waals surface area (Å²) in [6.45, 7) is -9.54. The van der Waals surface area contributed by atoms with Crippen molar-refractivity contribution in [1.82, 2.24) is 39.0 Å². The average Bonchev–Trinajstić information content (AvgIpc) is 3.80. The number of alkyl halides is 1. The lowest BCUT2D eigenvalue weighted by atomic mass is 10.0. The molecule has 4 fully saturated rings. The monoisotopic (exact) mass is 704 g/mol. The van der Waals surface area contributed by atoms with E-state index in [2.05, 4.69) is 42.2 Å². The topological polar surface area (TPSA) is 241 Å². The molecule has 0 spiro atoms. The molecule has 4 aliphatic rings. The van der Waals surface area contributed by atoms with Gasteiger partial charge in [-0.1, -0.05) is 12.2 Å². The average molecular weight is 705 g/mol. The van der Waals surface area contributed by atoms with Gasteiger partial charge in [0, 0.05) is 0 Å². The molecule has 240 valence electrons. The van der Waals surface area contributed by atoms with Crippen LogP contribution in [0, 0.1) is 0 Å². The maximum atomic E-state index is 16.1. The number of rotatable bonds is 2. The summed E-state index contributed by atoms with van der Waals surface area (Å²) >= 11 is 9.46. The molecule has 4 aromatic rings. The van der Waals surface area contributed by atoms with Crippen molar-refractivity contribution >= 4 is 71.5 Å². The van der Waals surface area contributed by atoms with Gasteiger partial charge in [0.05, 0.1) is 32.5 Å². The lowest BCUT2D eigenvalue weighted by molar-refractivity contribution is -0.183. The van der Waals surface area contributed by atoms with E-state index in [1.807, 2.05) is 0 Å². The van der Waals surface area contributed by atoms with Crippen molar-refractivity contribution in [2.45, 2.75) is 48.6 Å². The molecule has 3 unspecified atom stereocenters. The third kappa shape index (κ3) is 4.86. The Morgan fingerprint density at radius 3 is 2.27 bits per heavy atom. The number of imidazole rings is 2. The Kier molecular flexibility index (Phi) is 7.00. The Labute approximate surface area is 261 Å². The van der Waals surface area contributed by atoms with E-state index >= 15 is 4.39 Å². The van der Waals surface area contributed by atoms with Gasteiger partial charge < -0.3 is 35.1 Å². The zero-order chi connectivity index (χ0) is 31.3. The molecule has 19 nitrogen and oxygen atoms in total. The van der Waals surface area contributed by atoms with Crippen molar-refractivity contribution in [3.05, 3.63) is 25.3 Å². The third-order valence-electron chi connectivity index (χ3n) is 7.94. The van der Waals surface area contributed by atoms with E-state index in [4.69, 9.17) is 55.6 Å². The fraction of sp³-hybridized carbons (Fsp3) is 0.524. The summed E-state index contributed by atoms with van der Waals surface area (Å²) < 4.78 is 73.7. The summed E-state index contributed by atoms with van der Waals surface area (Å²) in [4.78, 5) is 35.8. The van der Waals surface area contributed by atoms with Crippen LogP contribution in [-0.2, 0) is 48.7 Å². The predicted octanol–water partition coefficient (Wildman–Crippen LogP) is 0.804. The maximum absolute atomic E-state index is 16.1. The molecule has 0 aromatic carbocycles. The van der Waals surface area contributed by atoms with Crippen molar-refractivity contribution in [3.63, 3.8) is 0 Å². The van der Waals surface area contributed by atoms with Gasteiger partial charge in [-0.2, -0.15) is 0 Å². The second-order valence-electron chi connectivity index (χ2n) is 10.6. The summed E-state index contributed by atoms with van der Waals surface area (Å²) in [5.41, 5.74) is 11.4. The van der Waals surface area contributed by atoms with Gasteiger partial charge in [0.25, 0.3) is 0 Å². The van der Waals surface area contributed by atoms with E-state index in [1.54, 1.807) is 4.57 Å². The van der Waals surface area contributed by atoms with Crippen LogP contribution >= 0.6 is 25.8 Å². The smallest absolute Gasteiger partial charge is 0.382 e. The molecular formula is C21H23FN10O9P2S2. The second kappa shape index (κ2) is 10.5. The molecule has 0 saturated carbocycles. The van der Waals surface area contributed by atoms with Crippen LogP contribution in [0.15, 0.2) is 25.3 Å². The lowest BCUT2D eigenvalue weighted by Crippen LogP contribution is -2.46. The fourth-order valence-electron chi connectivity index (χ4n) is 5.88. The first-order valence-electron chi connectivity index (χ1n) is 13.2. The molecule has 4 saturated heterocycles. The third-order valence-corrected chi connectivity index (χ3v) is 11.1. The first kappa shape index (κ1) is 29.9. The summed E-state index contributed by atoms with van der Waals surface area (Å²) in [7, 11) is 0. The molecule has 8 rings (SSSR count). The minimum atomic E-state index is -4.33. The van der Waals surface area contributed by atoms with Gasteiger partial charge in [0.2, 0.25) is 0 Å². The Morgan fingerprint density at radius 2 is 1.60 bits per heavy atom. The number of anilines is 2. The van der Waals surface area contributed by atoms with E-state index in [9.17, 15) is 9.46 Å². The molecular weight excluding hydrogens is 681 g/mol. The molecule has 4 aromatic heterocycles. The van der Waals surface area contributed by atoms with E-state index in [0.29, 0.717) is 11.2 Å². The summed E-state index contributed by atoms with van der Waals surface area (Å²) in [6.07, 6.45) is -3.92. The number of aromatic nitrogens is 8. The van der Waals surface area contributed by atoms with Gasteiger partial charge in [-0.05, 0) is 11.8 Å². The number of hydrogen-bond acceptors (Lipinski definition) is 17. The zero-order valence-corrected chi connectivity index (χ0v) is 26.0. The molecule has 24 heteroatoms. The second-order valence-corrected chi connectivity index (χ2v) is 16.3. The van der Waals surface area contributed by atoms with E-state index in [-0.39, 0.29) is 29.4 Å². The number of nitrogens with two attached hydrogens (primary N) is 2. The predicted molar refractivity (Wildman–Crippen MR) is 156 cm³/mol. The highest BCUT2D eigenvalue weighted by Crippen LogP contribution is 2.61. The van der Waals surface area contributed by atoms with Crippen LogP contribution in [0.5, 0.6) is 0 Å². The van der Waals surface area contributed by atoms with E-state index in [0.717, 1.165) is 0 Å². The summed E-state index contributed by atoms with van der Waals surface area (Å²) in [5.74, 6) is 0.232. The minimum Gasteiger partial charge on any atom is -0.382 e. The molecule has 45 heavy (non-hydrogen) atoms. The lowest BCUT2D eigenvalue weighted by Gasteiger charge is -2.34. The Morgan fingerprint density at radius 1 is 0.956 bits per heavy atom. The van der Waals surface area contributed by atoms with Gasteiger partial charge >= 0.3 is 13.5 Å². The number of nitrogen functional groups attached to an aromatic ring is 2. The van der Waals surface area contributed by atoms with Gasteiger partial charge in [-0.15, -0.1) is 0 Å². The molecule has 0 aliphatic carbocycles. The number of hydrogen-bond donors (Lipinski definition) is 4. The molecule has 0 radical (unpaired) electrons. The van der Waals surface area contributed by atoms with Crippen molar-refractivity contribution in [1.29, 1.82) is 0 Å². The van der Waals surface area contributed by atoms with Gasteiger partial charge in [-0.3, -0.25) is 22.7 Å². The van der Waals surface area contributed by atoms with Crippen molar-refractivity contribution in [3.8, 4) is 0 Å². The number of ether oxygens (including phenoxy) is 3. The van der Waals surface area contributed by atoms with Crippen LogP contribution < -0.4 is 11.5 Å². The molecule has 5 N–H and O–H groups in total. The number of nitrogens with zero attached hydrogens (tertiary/aromatic N) is 8. The molecule has 0 amide bonds. The van der Waals surface area contributed by atoms with E-state index in [1.165, 1.54) is 29.9 Å². The van der Waals surface area contributed by atoms with Crippen molar-refractivity contribution in [2.75, 3.05) is 31.3 Å². The summed E-state index contributed by atoms with van der Waals surface area (Å²) in [6, 6.07) is 0. The van der Waals surface area contributed by atoms with Gasteiger partial charge in [0.1, 0.15) is 53.7 Å². The molecule has 10 atom stereocenters. The standard InChI is InChI=1S/C21H23FN10O9P2S2/c22-9-12-8(38-19(9)31-6-29-10-15(23)25-4-27-17(10)31)1-36-42(33,44)41-14-13-20(32-7-30-11-16(24)26-5-28-18(11)32)39-21(14,2-35-13)3-37-43(34,45)40-12/h4-9,12-14,19-20H,1-3H2,(H,33,44)(H,34,45)(H2,23,25,27)(H2,24,26,28)/t8-,9-,12-,13-,14+,19-,20-,21?,42?,43?/m1/s1. The van der Waals surface area contributed by atoms with Crippen molar-refractivity contribution in [2.24, 2.45) is 0 Å². The largest absolute Gasteiger partial charge is 0.386 e. The van der Waals surface area contributed by atoms with Crippen LogP contribution in [0.25, 0.3) is 22.3 Å². The maximum Gasteiger partial charge on any atom is 0.386 e. The van der Waals surface area contributed by atoms with Crippen LogP contribution in [0.2, 0.25) is 0 Å². The highest BCUT2D eigenvalue weighted by atomic mass is 32.7. The fourth-order valence-corrected chi connectivity index (χ4v) is 8.84. The van der Waals surface area contributed by atoms with Gasteiger partial charge in [0.15, 0.2) is 41.6 Å².